The SMILES string of the molecule is COc1ccc(C#N)c(/C=C/C(=O)O)c1. The highest BCUT2D eigenvalue weighted by Gasteiger charge is 2.01. The van der Waals surface area contributed by atoms with Crippen molar-refractivity contribution < 1.29 is 14.6 Å². The summed E-state index contributed by atoms with van der Waals surface area (Å²) in [5, 5.41) is 17.2. The maximum absolute atomic E-state index is 10.3. The van der Waals surface area contributed by atoms with Crippen LogP contribution in [0.1, 0.15) is 11.1 Å². The van der Waals surface area contributed by atoms with Crippen molar-refractivity contribution in [3.8, 4) is 11.8 Å². The lowest BCUT2D eigenvalue weighted by Gasteiger charge is -2.02. The Morgan fingerprint density at radius 2 is 2.33 bits per heavy atom. The van der Waals surface area contributed by atoms with E-state index in [4.69, 9.17) is 15.1 Å². The summed E-state index contributed by atoms with van der Waals surface area (Å²) in [5.74, 6) is -0.472. The summed E-state index contributed by atoms with van der Waals surface area (Å²) in [6.45, 7) is 0. The number of carbonyl (C=O) groups is 1. The number of hydrogen-bond acceptors (Lipinski definition) is 3. The number of benzene rings is 1. The number of nitrogens with zero attached hydrogens (tertiary/aromatic N) is 1. The highest BCUT2D eigenvalue weighted by atomic mass is 16.5. The Morgan fingerprint density at radius 1 is 1.60 bits per heavy atom. The third kappa shape index (κ3) is 2.85. The monoisotopic (exact) mass is 203 g/mol. The molecule has 15 heavy (non-hydrogen) atoms. The topological polar surface area (TPSA) is 70.3 Å². The van der Waals surface area contributed by atoms with E-state index in [-0.39, 0.29) is 0 Å². The van der Waals surface area contributed by atoms with Crippen molar-refractivity contribution in [3.63, 3.8) is 0 Å². The van der Waals surface area contributed by atoms with Gasteiger partial charge in [-0.25, -0.2) is 4.79 Å². The Kier molecular flexibility index (Phi) is 3.47. The molecule has 0 fully saturated rings. The average molecular weight is 203 g/mol. The Balaban J connectivity index is 3.13. The minimum Gasteiger partial charge on any atom is -0.497 e. The van der Waals surface area contributed by atoms with Gasteiger partial charge in [0.25, 0.3) is 0 Å². The van der Waals surface area contributed by atoms with Gasteiger partial charge >= 0.3 is 5.97 Å². The first-order valence-corrected chi connectivity index (χ1v) is 4.16. The van der Waals surface area contributed by atoms with Gasteiger partial charge in [-0.15, -0.1) is 0 Å². The van der Waals surface area contributed by atoms with Gasteiger partial charge in [0, 0.05) is 6.08 Å². The first-order chi connectivity index (χ1) is 7.17. The standard InChI is InChI=1S/C11H9NO3/c1-15-10-4-2-9(7-12)8(6-10)3-5-11(13)14/h2-6H,1H3,(H,13,14)/b5-3+. The minimum absolute atomic E-state index is 0.410. The van der Waals surface area contributed by atoms with Crippen molar-refractivity contribution in [2.24, 2.45) is 0 Å². The molecular formula is C11H9NO3. The van der Waals surface area contributed by atoms with Gasteiger partial charge in [-0.05, 0) is 29.8 Å². The number of carboxylic acids is 1. The molecule has 1 aromatic carbocycles. The molecule has 0 saturated heterocycles. The second-order valence-corrected chi connectivity index (χ2v) is 2.74. The van der Waals surface area contributed by atoms with Crippen LogP contribution in [0.3, 0.4) is 0 Å². The van der Waals surface area contributed by atoms with Crippen LogP contribution in [-0.4, -0.2) is 18.2 Å². The highest BCUT2D eigenvalue weighted by Crippen LogP contribution is 2.18. The molecule has 0 aliphatic heterocycles. The first-order valence-electron chi connectivity index (χ1n) is 4.16. The molecule has 0 atom stereocenters. The van der Waals surface area contributed by atoms with Crippen molar-refractivity contribution in [2.45, 2.75) is 0 Å². The first kappa shape index (κ1) is 10.8. The molecule has 0 aliphatic carbocycles. The minimum atomic E-state index is -1.05. The van der Waals surface area contributed by atoms with Gasteiger partial charge in [0.1, 0.15) is 5.75 Å². The number of aliphatic carboxylic acids is 1. The maximum atomic E-state index is 10.3. The predicted molar refractivity (Wildman–Crippen MR) is 54.4 cm³/mol. The Morgan fingerprint density at radius 3 is 2.87 bits per heavy atom. The van der Waals surface area contributed by atoms with E-state index >= 15 is 0 Å². The van der Waals surface area contributed by atoms with Gasteiger partial charge in [-0.3, -0.25) is 0 Å². The van der Waals surface area contributed by atoms with E-state index in [0.29, 0.717) is 16.9 Å². The van der Waals surface area contributed by atoms with E-state index in [2.05, 4.69) is 0 Å². The summed E-state index contributed by atoms with van der Waals surface area (Å²) in [4.78, 5) is 10.3. The Labute approximate surface area is 87.0 Å². The van der Waals surface area contributed by atoms with E-state index < -0.39 is 5.97 Å². The number of hydrogen-bond donors (Lipinski definition) is 1. The summed E-state index contributed by atoms with van der Waals surface area (Å²) < 4.78 is 4.97. The van der Waals surface area contributed by atoms with Gasteiger partial charge in [-0.1, -0.05) is 0 Å². The number of carboxylic acid groups (broad SMARTS) is 1. The van der Waals surface area contributed by atoms with Gasteiger partial charge in [0.2, 0.25) is 0 Å². The van der Waals surface area contributed by atoms with Crippen LogP contribution >= 0.6 is 0 Å². The Hall–Kier alpha value is -2.28. The molecule has 0 unspecified atom stereocenters. The molecule has 1 aromatic rings. The summed E-state index contributed by atoms with van der Waals surface area (Å²) in [6, 6.07) is 6.81. The van der Waals surface area contributed by atoms with Crippen molar-refractivity contribution in [2.75, 3.05) is 7.11 Å². The predicted octanol–water partition coefficient (Wildman–Crippen LogP) is 1.66. The van der Waals surface area contributed by atoms with Crippen LogP contribution in [0.5, 0.6) is 5.75 Å². The quantitative estimate of drug-likeness (QED) is 0.758. The van der Waals surface area contributed by atoms with Crippen molar-refractivity contribution in [1.29, 1.82) is 5.26 Å². The second kappa shape index (κ2) is 4.82. The molecule has 0 radical (unpaired) electrons. The van der Waals surface area contributed by atoms with Crippen LogP contribution in [-0.2, 0) is 4.79 Å². The number of rotatable bonds is 3. The third-order valence-corrected chi connectivity index (χ3v) is 1.78. The Bertz CT molecular complexity index is 444. The second-order valence-electron chi connectivity index (χ2n) is 2.74. The maximum Gasteiger partial charge on any atom is 0.328 e. The molecular weight excluding hydrogens is 194 g/mol. The van der Waals surface area contributed by atoms with Crippen LogP contribution in [0.25, 0.3) is 6.08 Å². The van der Waals surface area contributed by atoms with E-state index in [9.17, 15) is 4.79 Å². The highest BCUT2D eigenvalue weighted by molar-refractivity contribution is 5.86. The van der Waals surface area contributed by atoms with Crippen LogP contribution in [0, 0.1) is 11.3 Å². The van der Waals surface area contributed by atoms with Crippen LogP contribution in [0.2, 0.25) is 0 Å². The number of methoxy groups -OCH3 is 1. The van der Waals surface area contributed by atoms with Crippen LogP contribution < -0.4 is 4.74 Å². The fourth-order valence-electron chi connectivity index (χ4n) is 1.07. The fourth-order valence-corrected chi connectivity index (χ4v) is 1.07. The van der Waals surface area contributed by atoms with E-state index in [0.717, 1.165) is 6.08 Å². The zero-order chi connectivity index (χ0) is 11.3. The van der Waals surface area contributed by atoms with E-state index in [1.165, 1.54) is 13.2 Å². The number of nitriles is 1. The third-order valence-electron chi connectivity index (χ3n) is 1.78. The van der Waals surface area contributed by atoms with Crippen molar-refractivity contribution >= 4 is 12.0 Å². The summed E-state index contributed by atoms with van der Waals surface area (Å²) in [5.41, 5.74) is 0.938. The summed E-state index contributed by atoms with van der Waals surface area (Å²) >= 11 is 0. The van der Waals surface area contributed by atoms with Crippen LogP contribution in [0.15, 0.2) is 24.3 Å². The molecule has 0 aromatic heterocycles. The molecule has 0 saturated carbocycles. The molecule has 0 spiro atoms. The fraction of sp³-hybridized carbons (Fsp3) is 0.0909. The number of ether oxygens (including phenoxy) is 1. The molecule has 1 N–H and O–H groups in total. The molecule has 0 bridgehead atoms. The molecule has 0 aliphatic rings. The zero-order valence-electron chi connectivity index (χ0n) is 8.10. The molecule has 76 valence electrons. The van der Waals surface area contributed by atoms with E-state index in [1.807, 2.05) is 6.07 Å². The summed E-state index contributed by atoms with van der Waals surface area (Å²) in [7, 11) is 1.51. The molecule has 4 heteroatoms. The normalized spacial score (nSPS) is 9.87. The van der Waals surface area contributed by atoms with Gasteiger partial charge in [-0.2, -0.15) is 5.26 Å². The lowest BCUT2D eigenvalue weighted by Crippen LogP contribution is -1.89. The molecule has 4 nitrogen and oxygen atoms in total. The smallest absolute Gasteiger partial charge is 0.328 e. The van der Waals surface area contributed by atoms with Crippen LogP contribution in [0.4, 0.5) is 0 Å². The summed E-state index contributed by atoms with van der Waals surface area (Å²) in [6.07, 6.45) is 2.35. The van der Waals surface area contributed by atoms with E-state index in [1.54, 1.807) is 18.2 Å². The van der Waals surface area contributed by atoms with Crippen molar-refractivity contribution in [3.05, 3.63) is 35.4 Å². The largest absolute Gasteiger partial charge is 0.497 e. The molecule has 1 rings (SSSR count). The lowest BCUT2D eigenvalue weighted by atomic mass is 10.1. The lowest BCUT2D eigenvalue weighted by molar-refractivity contribution is -0.131. The van der Waals surface area contributed by atoms with Crippen molar-refractivity contribution in [1.82, 2.24) is 0 Å². The van der Waals surface area contributed by atoms with Gasteiger partial charge < -0.3 is 9.84 Å². The van der Waals surface area contributed by atoms with Gasteiger partial charge in [0.15, 0.2) is 0 Å². The molecule has 0 heterocycles. The molecule has 0 amide bonds. The average Bonchev–Trinajstić information content (AvgIpc) is 2.25. The van der Waals surface area contributed by atoms with Gasteiger partial charge in [0.05, 0.1) is 18.7 Å². The zero-order valence-corrected chi connectivity index (χ0v) is 8.10.